The molecule has 0 aromatic heterocycles. The van der Waals surface area contributed by atoms with Gasteiger partial charge in [0.05, 0.1) is 25.4 Å². The van der Waals surface area contributed by atoms with Gasteiger partial charge >= 0.3 is 0 Å². The molecular weight excluding hydrogens is 859 g/mol. The molecule has 0 radical (unpaired) electrons. The minimum atomic E-state index is -1.67. The molecule has 0 aliphatic carbocycles. The smallest absolute Gasteiger partial charge is 0.249 e. The average Bonchev–Trinajstić information content (AvgIpc) is 3.34. The highest BCUT2D eigenvalue weighted by Gasteiger charge is 2.44. The monoisotopic (exact) mass is 964 g/mol. The van der Waals surface area contributed by atoms with Gasteiger partial charge in [-0.25, -0.2) is 0 Å². The maximum absolute atomic E-state index is 13.2. The summed E-state index contributed by atoms with van der Waals surface area (Å²) < 4.78 is 11.1. The van der Waals surface area contributed by atoms with Crippen LogP contribution in [0.1, 0.15) is 239 Å². The van der Waals surface area contributed by atoms with Crippen molar-refractivity contribution >= 4 is 5.91 Å². The SMILES string of the molecule is CCCCCCCC/C=C/CC/C=C/CC/C=C/CCCC(O)C(O)C(COC1OC(CO)C(O)C(O)C1O)NC(=O)C(O)CCCCCCCC/C=C\CCCCCCCCCCCCCC. The summed E-state index contributed by atoms with van der Waals surface area (Å²) in [7, 11) is 0. The lowest BCUT2D eigenvalue weighted by Crippen LogP contribution is -2.60. The average molecular weight is 964 g/mol. The number of hydrogen-bond donors (Lipinski definition) is 8. The number of rotatable bonds is 47. The molecule has 1 aliphatic rings. The largest absolute Gasteiger partial charge is 0.394 e. The fraction of sp³-hybridized carbons (Fsp3) is 0.842. The number of amides is 1. The standard InChI is InChI=1S/C57H105NO10/c1-3-5-7-9-11-13-15-17-19-21-23-24-25-27-29-31-33-35-37-39-41-43-45-50(61)56(66)58-48(47-67-57-55(65)54(64)53(63)51(46-59)68-57)52(62)49(60)44-42-40-38-36-34-32-30-28-26-22-20-18-16-14-12-10-8-6-4-2/h18,20,27-30,36,38,48-55,57,59-65H,3-17,19,21-26,31-35,37,39-47H2,1-2H3,(H,58,66)/b20-18+,29-27-,30-28+,38-36+. The number of carbonyl (C=O) groups is 1. The Kier molecular flexibility index (Phi) is 43.5. The Balaban J connectivity index is 2.38. The summed E-state index contributed by atoms with van der Waals surface area (Å²) >= 11 is 0. The second-order valence-electron chi connectivity index (χ2n) is 19.6. The van der Waals surface area contributed by atoms with Crippen molar-refractivity contribution in [1.29, 1.82) is 0 Å². The van der Waals surface area contributed by atoms with Crippen molar-refractivity contribution in [1.82, 2.24) is 5.32 Å². The highest BCUT2D eigenvalue weighted by atomic mass is 16.7. The zero-order valence-electron chi connectivity index (χ0n) is 43.3. The predicted octanol–water partition coefficient (Wildman–Crippen LogP) is 11.3. The number of nitrogens with one attached hydrogen (secondary N) is 1. The third-order valence-corrected chi connectivity index (χ3v) is 13.3. The van der Waals surface area contributed by atoms with Gasteiger partial charge in [0.2, 0.25) is 5.91 Å². The van der Waals surface area contributed by atoms with Gasteiger partial charge in [-0.1, -0.05) is 197 Å². The van der Waals surface area contributed by atoms with Gasteiger partial charge in [-0.2, -0.15) is 0 Å². The number of aliphatic hydroxyl groups is 7. The number of unbranched alkanes of at least 4 members (excludes halogenated alkanes) is 27. The Morgan fingerprint density at radius 1 is 0.500 bits per heavy atom. The first kappa shape index (κ1) is 64.1. The Labute approximate surface area is 415 Å². The van der Waals surface area contributed by atoms with E-state index in [9.17, 15) is 40.5 Å². The van der Waals surface area contributed by atoms with E-state index in [-0.39, 0.29) is 12.8 Å². The summed E-state index contributed by atoms with van der Waals surface area (Å²) in [6.07, 6.45) is 45.9. The van der Waals surface area contributed by atoms with Crippen LogP contribution < -0.4 is 5.32 Å². The molecule has 1 aliphatic heterocycles. The van der Waals surface area contributed by atoms with Gasteiger partial charge in [0, 0.05) is 0 Å². The minimum Gasteiger partial charge on any atom is -0.394 e. The fourth-order valence-electron chi connectivity index (χ4n) is 8.70. The second kappa shape index (κ2) is 46.2. The molecule has 1 rings (SSSR count). The van der Waals surface area contributed by atoms with Gasteiger partial charge in [-0.3, -0.25) is 4.79 Å². The van der Waals surface area contributed by atoms with E-state index in [1.807, 2.05) is 0 Å². The van der Waals surface area contributed by atoms with E-state index in [4.69, 9.17) is 9.47 Å². The van der Waals surface area contributed by atoms with Gasteiger partial charge in [0.25, 0.3) is 0 Å². The molecule has 0 spiro atoms. The van der Waals surface area contributed by atoms with Gasteiger partial charge in [-0.15, -0.1) is 0 Å². The van der Waals surface area contributed by atoms with Crippen LogP contribution in [0.25, 0.3) is 0 Å². The van der Waals surface area contributed by atoms with E-state index in [1.54, 1.807) is 0 Å². The lowest BCUT2D eigenvalue weighted by atomic mass is 9.98. The number of carbonyl (C=O) groups excluding carboxylic acids is 1. The molecule has 1 heterocycles. The third-order valence-electron chi connectivity index (χ3n) is 13.3. The van der Waals surface area contributed by atoms with Crippen LogP contribution in [0.15, 0.2) is 48.6 Å². The molecule has 68 heavy (non-hydrogen) atoms. The molecule has 1 fully saturated rings. The van der Waals surface area contributed by atoms with Gasteiger partial charge in [0.1, 0.15) is 36.6 Å². The van der Waals surface area contributed by atoms with Crippen molar-refractivity contribution in [3.63, 3.8) is 0 Å². The Hall–Kier alpha value is -1.93. The molecule has 0 aromatic rings. The number of ether oxygens (including phenoxy) is 2. The molecule has 11 heteroatoms. The summed E-state index contributed by atoms with van der Waals surface area (Å²) in [5, 5.41) is 76.0. The van der Waals surface area contributed by atoms with Crippen LogP contribution in [-0.2, 0) is 14.3 Å². The van der Waals surface area contributed by atoms with Crippen LogP contribution in [0.5, 0.6) is 0 Å². The number of allylic oxidation sites excluding steroid dienone is 8. The lowest BCUT2D eigenvalue weighted by molar-refractivity contribution is -0.303. The molecule has 0 saturated carbocycles. The van der Waals surface area contributed by atoms with Crippen molar-refractivity contribution < 1.29 is 50.0 Å². The highest BCUT2D eigenvalue weighted by Crippen LogP contribution is 2.23. The molecule has 11 nitrogen and oxygen atoms in total. The molecule has 0 aromatic carbocycles. The summed E-state index contributed by atoms with van der Waals surface area (Å²) in [5.41, 5.74) is 0. The summed E-state index contributed by atoms with van der Waals surface area (Å²) in [6.45, 7) is 3.43. The molecular formula is C57H105NO10. The maximum Gasteiger partial charge on any atom is 0.249 e. The zero-order chi connectivity index (χ0) is 49.7. The first-order valence-corrected chi connectivity index (χ1v) is 28.0. The lowest BCUT2D eigenvalue weighted by Gasteiger charge is -2.40. The van der Waals surface area contributed by atoms with Crippen LogP contribution in [0, 0.1) is 0 Å². The summed E-state index contributed by atoms with van der Waals surface area (Å²) in [4.78, 5) is 13.2. The first-order valence-electron chi connectivity index (χ1n) is 28.0. The third kappa shape index (κ3) is 34.4. The highest BCUT2D eigenvalue weighted by molar-refractivity contribution is 5.80. The van der Waals surface area contributed by atoms with Crippen molar-refractivity contribution in [2.45, 2.75) is 294 Å². The summed E-state index contributed by atoms with van der Waals surface area (Å²) in [6, 6.07) is -1.20. The fourth-order valence-corrected chi connectivity index (χ4v) is 8.70. The Morgan fingerprint density at radius 3 is 1.31 bits per heavy atom. The van der Waals surface area contributed by atoms with Crippen molar-refractivity contribution in [3.8, 4) is 0 Å². The Bertz CT molecular complexity index is 1240. The van der Waals surface area contributed by atoms with Crippen molar-refractivity contribution in [2.24, 2.45) is 0 Å². The molecule has 8 N–H and O–H groups in total. The van der Waals surface area contributed by atoms with Crippen LogP contribution >= 0.6 is 0 Å². The van der Waals surface area contributed by atoms with E-state index in [0.717, 1.165) is 64.2 Å². The topological polar surface area (TPSA) is 189 Å². The Morgan fingerprint density at radius 2 is 0.882 bits per heavy atom. The molecule has 1 amide bonds. The normalized spacial score (nSPS) is 20.9. The quantitative estimate of drug-likeness (QED) is 0.0215. The van der Waals surface area contributed by atoms with E-state index in [2.05, 4.69) is 67.8 Å². The second-order valence-corrected chi connectivity index (χ2v) is 19.6. The van der Waals surface area contributed by atoms with E-state index >= 15 is 0 Å². The number of hydrogen-bond acceptors (Lipinski definition) is 10. The van der Waals surface area contributed by atoms with Gasteiger partial charge in [0.15, 0.2) is 6.29 Å². The molecule has 9 atom stereocenters. The zero-order valence-corrected chi connectivity index (χ0v) is 43.3. The van der Waals surface area contributed by atoms with Gasteiger partial charge in [-0.05, 0) is 89.9 Å². The predicted molar refractivity (Wildman–Crippen MR) is 279 cm³/mol. The summed E-state index contributed by atoms with van der Waals surface area (Å²) in [5.74, 6) is -0.717. The van der Waals surface area contributed by atoms with E-state index < -0.39 is 74.2 Å². The molecule has 0 bridgehead atoms. The van der Waals surface area contributed by atoms with Crippen molar-refractivity contribution in [3.05, 3.63) is 48.6 Å². The maximum atomic E-state index is 13.2. The van der Waals surface area contributed by atoms with Crippen molar-refractivity contribution in [2.75, 3.05) is 13.2 Å². The molecule has 398 valence electrons. The van der Waals surface area contributed by atoms with Crippen LogP contribution in [0.2, 0.25) is 0 Å². The minimum absolute atomic E-state index is 0.239. The number of aliphatic hydroxyl groups excluding tert-OH is 7. The van der Waals surface area contributed by atoms with Crippen LogP contribution in [-0.4, -0.2) is 110 Å². The van der Waals surface area contributed by atoms with E-state index in [0.29, 0.717) is 19.3 Å². The molecule has 1 saturated heterocycles. The van der Waals surface area contributed by atoms with Gasteiger partial charge < -0.3 is 50.5 Å². The first-order chi connectivity index (χ1) is 33.2. The molecule has 9 unspecified atom stereocenters. The van der Waals surface area contributed by atoms with Crippen LogP contribution in [0.4, 0.5) is 0 Å². The van der Waals surface area contributed by atoms with Crippen LogP contribution in [0.3, 0.4) is 0 Å². The van der Waals surface area contributed by atoms with E-state index in [1.165, 1.54) is 128 Å².